The standard InChI is InChI=1S/C24H17F3O/c1-3-16-5-11-19(21(25)15-16)12-8-17-6-9-18(10-7-17)20-13-14-22(28-4-2)24(27)23(20)26/h3,5-7,9-11,13-15H,1,4H2,2H3. The average Bonchev–Trinajstić information content (AvgIpc) is 2.71. The van der Waals surface area contributed by atoms with E-state index in [0.717, 1.165) is 0 Å². The Labute approximate surface area is 162 Å². The molecule has 0 spiro atoms. The highest BCUT2D eigenvalue weighted by Crippen LogP contribution is 2.30. The van der Waals surface area contributed by atoms with Gasteiger partial charge in [-0.2, -0.15) is 4.39 Å². The minimum Gasteiger partial charge on any atom is -0.491 e. The zero-order valence-corrected chi connectivity index (χ0v) is 15.2. The molecule has 0 unspecified atom stereocenters. The summed E-state index contributed by atoms with van der Waals surface area (Å²) in [4.78, 5) is 0. The van der Waals surface area contributed by atoms with Crippen LogP contribution in [0.15, 0.2) is 61.2 Å². The van der Waals surface area contributed by atoms with Crippen molar-refractivity contribution in [2.24, 2.45) is 0 Å². The molecule has 28 heavy (non-hydrogen) atoms. The molecule has 0 saturated carbocycles. The normalized spacial score (nSPS) is 10.1. The number of ether oxygens (including phenoxy) is 1. The van der Waals surface area contributed by atoms with Crippen molar-refractivity contribution in [2.45, 2.75) is 6.92 Å². The summed E-state index contributed by atoms with van der Waals surface area (Å²) in [7, 11) is 0. The van der Waals surface area contributed by atoms with Gasteiger partial charge in [0.15, 0.2) is 11.6 Å². The quantitative estimate of drug-likeness (QED) is 0.490. The predicted molar refractivity (Wildman–Crippen MR) is 105 cm³/mol. The molecular formula is C24H17F3O. The Morgan fingerprint density at radius 3 is 2.32 bits per heavy atom. The van der Waals surface area contributed by atoms with Crippen molar-refractivity contribution < 1.29 is 17.9 Å². The van der Waals surface area contributed by atoms with Crippen LogP contribution >= 0.6 is 0 Å². The van der Waals surface area contributed by atoms with Gasteiger partial charge in [0.05, 0.1) is 12.2 Å². The second kappa shape index (κ2) is 8.49. The Balaban J connectivity index is 1.85. The van der Waals surface area contributed by atoms with Gasteiger partial charge in [0.25, 0.3) is 0 Å². The maximum absolute atomic E-state index is 14.3. The van der Waals surface area contributed by atoms with E-state index in [4.69, 9.17) is 4.74 Å². The lowest BCUT2D eigenvalue weighted by molar-refractivity contribution is 0.314. The second-order valence-electron chi connectivity index (χ2n) is 5.94. The largest absolute Gasteiger partial charge is 0.491 e. The molecule has 0 bridgehead atoms. The monoisotopic (exact) mass is 378 g/mol. The zero-order valence-electron chi connectivity index (χ0n) is 15.2. The van der Waals surface area contributed by atoms with Gasteiger partial charge in [-0.05, 0) is 54.4 Å². The first-order chi connectivity index (χ1) is 13.5. The molecule has 0 aliphatic carbocycles. The van der Waals surface area contributed by atoms with E-state index in [0.29, 0.717) is 16.7 Å². The lowest BCUT2D eigenvalue weighted by atomic mass is 10.0. The van der Waals surface area contributed by atoms with Crippen molar-refractivity contribution >= 4 is 6.08 Å². The number of rotatable bonds is 4. The molecule has 3 rings (SSSR count). The topological polar surface area (TPSA) is 9.23 Å². The molecule has 0 radical (unpaired) electrons. The molecule has 3 aromatic carbocycles. The molecular weight excluding hydrogens is 361 g/mol. The van der Waals surface area contributed by atoms with Crippen LogP contribution in [0.5, 0.6) is 5.75 Å². The first-order valence-electron chi connectivity index (χ1n) is 8.68. The Bertz CT molecular complexity index is 1070. The van der Waals surface area contributed by atoms with E-state index < -0.39 is 17.5 Å². The van der Waals surface area contributed by atoms with Gasteiger partial charge in [-0.3, -0.25) is 0 Å². The highest BCUT2D eigenvalue weighted by atomic mass is 19.2. The van der Waals surface area contributed by atoms with E-state index in [9.17, 15) is 13.2 Å². The minimum absolute atomic E-state index is 0.115. The minimum atomic E-state index is -1.01. The average molecular weight is 378 g/mol. The van der Waals surface area contributed by atoms with E-state index in [1.165, 1.54) is 18.2 Å². The SMILES string of the molecule is C=Cc1ccc(C#Cc2ccc(-c3ccc(OCC)c(F)c3F)cc2)c(F)c1. The van der Waals surface area contributed by atoms with Crippen molar-refractivity contribution in [3.63, 3.8) is 0 Å². The summed E-state index contributed by atoms with van der Waals surface area (Å²) >= 11 is 0. The smallest absolute Gasteiger partial charge is 0.201 e. The predicted octanol–water partition coefficient (Wildman–Crippen LogP) is 6.21. The van der Waals surface area contributed by atoms with Crippen LogP contribution in [-0.4, -0.2) is 6.61 Å². The van der Waals surface area contributed by atoms with Crippen molar-refractivity contribution in [1.29, 1.82) is 0 Å². The van der Waals surface area contributed by atoms with Crippen LogP contribution in [0.4, 0.5) is 13.2 Å². The summed E-state index contributed by atoms with van der Waals surface area (Å²) in [5.74, 6) is 3.12. The molecule has 0 aromatic heterocycles. The molecule has 1 nitrogen and oxygen atoms in total. The van der Waals surface area contributed by atoms with Gasteiger partial charge in [-0.15, -0.1) is 0 Å². The molecule has 0 fully saturated rings. The van der Waals surface area contributed by atoms with Gasteiger partial charge in [0.1, 0.15) is 5.82 Å². The summed E-state index contributed by atoms with van der Waals surface area (Å²) in [6, 6.07) is 14.2. The molecule has 0 N–H and O–H groups in total. The van der Waals surface area contributed by atoms with Gasteiger partial charge in [0, 0.05) is 11.1 Å². The van der Waals surface area contributed by atoms with E-state index in [1.807, 2.05) is 0 Å². The molecule has 4 heteroatoms. The van der Waals surface area contributed by atoms with Crippen molar-refractivity contribution in [2.75, 3.05) is 6.61 Å². The third-order valence-electron chi connectivity index (χ3n) is 4.11. The molecule has 0 heterocycles. The third kappa shape index (κ3) is 4.10. The van der Waals surface area contributed by atoms with Crippen LogP contribution in [0, 0.1) is 29.3 Å². The molecule has 140 valence electrons. The maximum atomic E-state index is 14.3. The van der Waals surface area contributed by atoms with Crippen LogP contribution in [0.1, 0.15) is 23.6 Å². The Morgan fingerprint density at radius 2 is 1.68 bits per heavy atom. The number of hydrogen-bond acceptors (Lipinski definition) is 1. The Morgan fingerprint density at radius 1 is 0.929 bits per heavy atom. The first-order valence-corrected chi connectivity index (χ1v) is 8.68. The fourth-order valence-electron chi connectivity index (χ4n) is 2.65. The van der Waals surface area contributed by atoms with Crippen LogP contribution in [0.2, 0.25) is 0 Å². The van der Waals surface area contributed by atoms with Gasteiger partial charge >= 0.3 is 0 Å². The number of hydrogen-bond donors (Lipinski definition) is 0. The van der Waals surface area contributed by atoms with E-state index in [2.05, 4.69) is 18.4 Å². The fourth-order valence-corrected chi connectivity index (χ4v) is 2.65. The Kier molecular flexibility index (Phi) is 5.86. The van der Waals surface area contributed by atoms with Gasteiger partial charge < -0.3 is 4.74 Å². The Hall–Kier alpha value is -3.45. The summed E-state index contributed by atoms with van der Waals surface area (Å²) in [6.45, 7) is 5.54. The highest BCUT2D eigenvalue weighted by Gasteiger charge is 2.15. The van der Waals surface area contributed by atoms with Gasteiger partial charge in [0.2, 0.25) is 5.82 Å². The molecule has 0 amide bonds. The summed E-state index contributed by atoms with van der Waals surface area (Å²) in [6.07, 6.45) is 1.56. The lowest BCUT2D eigenvalue weighted by Crippen LogP contribution is -1.98. The van der Waals surface area contributed by atoms with Crippen LogP contribution in [0.3, 0.4) is 0 Å². The van der Waals surface area contributed by atoms with Crippen LogP contribution in [0.25, 0.3) is 17.2 Å². The van der Waals surface area contributed by atoms with E-state index in [1.54, 1.807) is 49.4 Å². The second-order valence-corrected chi connectivity index (χ2v) is 5.94. The van der Waals surface area contributed by atoms with Crippen molar-refractivity contribution in [3.8, 4) is 28.7 Å². The van der Waals surface area contributed by atoms with E-state index in [-0.39, 0.29) is 23.5 Å². The fraction of sp³-hybridized carbons (Fsp3) is 0.0833. The number of benzene rings is 3. The summed E-state index contributed by atoms with van der Waals surface area (Å²) < 4.78 is 47.4. The molecule has 0 aliphatic heterocycles. The first kappa shape index (κ1) is 19.3. The molecule has 3 aromatic rings. The van der Waals surface area contributed by atoms with Crippen molar-refractivity contribution in [3.05, 3.63) is 95.3 Å². The van der Waals surface area contributed by atoms with Gasteiger partial charge in [-0.25, -0.2) is 8.78 Å². The molecule has 0 atom stereocenters. The van der Waals surface area contributed by atoms with E-state index >= 15 is 0 Å². The van der Waals surface area contributed by atoms with Crippen molar-refractivity contribution in [1.82, 2.24) is 0 Å². The lowest BCUT2D eigenvalue weighted by Gasteiger charge is -2.09. The maximum Gasteiger partial charge on any atom is 0.201 e. The van der Waals surface area contributed by atoms with Gasteiger partial charge in [-0.1, -0.05) is 42.7 Å². The summed E-state index contributed by atoms with van der Waals surface area (Å²) in [5.41, 5.74) is 2.21. The molecule has 0 saturated heterocycles. The molecule has 0 aliphatic rings. The third-order valence-corrected chi connectivity index (χ3v) is 4.11. The van der Waals surface area contributed by atoms with Crippen LogP contribution < -0.4 is 4.74 Å². The van der Waals surface area contributed by atoms with Crippen LogP contribution in [-0.2, 0) is 0 Å². The highest BCUT2D eigenvalue weighted by molar-refractivity contribution is 5.66. The zero-order chi connectivity index (χ0) is 20.1. The summed E-state index contributed by atoms with van der Waals surface area (Å²) in [5, 5.41) is 0. The number of halogens is 3.